The average Bonchev–Trinajstić information content (AvgIpc) is 1.90. The molecule has 2 nitrogen and oxygen atoms in total. The Morgan fingerprint density at radius 3 is 2.00 bits per heavy atom. The first-order valence-corrected chi connectivity index (χ1v) is 2.69. The van der Waals surface area contributed by atoms with Crippen LogP contribution < -0.4 is 11.5 Å². The van der Waals surface area contributed by atoms with Gasteiger partial charge in [-0.15, -0.1) is 0 Å². The van der Waals surface area contributed by atoms with Crippen LogP contribution in [-0.2, 0) is 0 Å². The summed E-state index contributed by atoms with van der Waals surface area (Å²) in [6.45, 7) is 7.44. The highest BCUT2D eigenvalue weighted by atomic mass is 14.6. The normalized spacial score (nSPS) is 12.1. The van der Waals surface area contributed by atoms with Crippen molar-refractivity contribution < 1.29 is 0 Å². The zero-order chi connectivity index (χ0) is 7.28. The van der Waals surface area contributed by atoms with Crippen molar-refractivity contribution in [1.82, 2.24) is 0 Å². The summed E-state index contributed by atoms with van der Waals surface area (Å²) in [7, 11) is 0. The highest BCUT2D eigenvalue weighted by molar-refractivity contribution is 5.29. The Hall–Kier alpha value is -1.02. The van der Waals surface area contributed by atoms with Gasteiger partial charge in [-0.3, -0.25) is 0 Å². The fourth-order valence-electron chi connectivity index (χ4n) is 0.450. The molecular formula is C7H12N2. The van der Waals surface area contributed by atoms with Gasteiger partial charge in [0.05, 0.1) is 0 Å². The second-order valence-corrected chi connectivity index (χ2v) is 1.59. The van der Waals surface area contributed by atoms with Crippen molar-refractivity contribution in [2.24, 2.45) is 11.5 Å². The molecule has 0 amide bonds. The molecule has 0 spiro atoms. The van der Waals surface area contributed by atoms with Crippen molar-refractivity contribution in [3.05, 3.63) is 36.6 Å². The molecule has 0 saturated heterocycles. The summed E-state index contributed by atoms with van der Waals surface area (Å²) in [6.07, 6.45) is 3.20. The van der Waals surface area contributed by atoms with Crippen molar-refractivity contribution >= 4 is 0 Å². The van der Waals surface area contributed by atoms with E-state index in [4.69, 9.17) is 11.5 Å². The predicted octanol–water partition coefficient (Wildman–Crippen LogP) is 0.530. The van der Waals surface area contributed by atoms with Gasteiger partial charge in [-0.05, 0) is 11.6 Å². The molecular weight excluding hydrogens is 112 g/mol. The molecule has 2 heteroatoms. The van der Waals surface area contributed by atoms with E-state index in [2.05, 4.69) is 13.2 Å². The molecule has 0 rings (SSSR count). The van der Waals surface area contributed by atoms with Crippen LogP contribution in [0.2, 0.25) is 0 Å². The fraction of sp³-hybridized carbons (Fsp3) is 0.143. The lowest BCUT2D eigenvalue weighted by Gasteiger charge is -1.98. The molecule has 0 bridgehead atoms. The van der Waals surface area contributed by atoms with Crippen LogP contribution in [0, 0.1) is 0 Å². The van der Waals surface area contributed by atoms with E-state index in [-0.39, 0.29) is 0 Å². The topological polar surface area (TPSA) is 52.0 Å². The number of hydrogen-bond acceptors (Lipinski definition) is 2. The van der Waals surface area contributed by atoms with Gasteiger partial charge in [-0.2, -0.15) is 0 Å². The van der Waals surface area contributed by atoms with Crippen LogP contribution in [0.3, 0.4) is 0 Å². The Labute approximate surface area is 55.5 Å². The van der Waals surface area contributed by atoms with Gasteiger partial charge in [0.15, 0.2) is 0 Å². The predicted molar refractivity (Wildman–Crippen MR) is 40.7 cm³/mol. The molecule has 0 aliphatic carbocycles. The molecule has 0 aliphatic rings. The standard InChI is InChI=1S/C7H12N2/c1-3-6(5-8)7(9)4-2/h3-4H,1-2,5,8-9H2/b7-6-. The molecule has 0 aromatic rings. The van der Waals surface area contributed by atoms with Gasteiger partial charge in [-0.1, -0.05) is 19.2 Å². The van der Waals surface area contributed by atoms with Crippen LogP contribution in [-0.4, -0.2) is 6.54 Å². The Bertz CT molecular complexity index is 145. The van der Waals surface area contributed by atoms with Gasteiger partial charge in [-0.25, -0.2) is 0 Å². The monoisotopic (exact) mass is 124 g/mol. The lowest BCUT2D eigenvalue weighted by molar-refractivity contribution is 1.15. The van der Waals surface area contributed by atoms with Crippen LogP contribution in [0.1, 0.15) is 0 Å². The molecule has 0 fully saturated rings. The number of nitrogens with two attached hydrogens (primary N) is 2. The van der Waals surface area contributed by atoms with E-state index >= 15 is 0 Å². The minimum Gasteiger partial charge on any atom is -0.398 e. The Balaban J connectivity index is 4.36. The van der Waals surface area contributed by atoms with Crippen molar-refractivity contribution in [2.75, 3.05) is 6.54 Å². The lowest BCUT2D eigenvalue weighted by Crippen LogP contribution is -2.07. The van der Waals surface area contributed by atoms with Crippen LogP contribution in [0.5, 0.6) is 0 Å². The van der Waals surface area contributed by atoms with Crippen molar-refractivity contribution in [3.63, 3.8) is 0 Å². The molecule has 0 saturated carbocycles. The minimum absolute atomic E-state index is 0.418. The third-order valence-electron chi connectivity index (χ3n) is 1.06. The van der Waals surface area contributed by atoms with E-state index in [1.807, 2.05) is 0 Å². The van der Waals surface area contributed by atoms with Gasteiger partial charge < -0.3 is 11.5 Å². The summed E-state index contributed by atoms with van der Waals surface area (Å²) in [5, 5.41) is 0. The highest BCUT2D eigenvalue weighted by Crippen LogP contribution is 1.97. The first-order chi connectivity index (χ1) is 4.26. The van der Waals surface area contributed by atoms with Gasteiger partial charge in [0.1, 0.15) is 0 Å². The van der Waals surface area contributed by atoms with E-state index < -0.39 is 0 Å². The lowest BCUT2D eigenvalue weighted by atomic mass is 10.2. The van der Waals surface area contributed by atoms with Crippen LogP contribution in [0.25, 0.3) is 0 Å². The zero-order valence-corrected chi connectivity index (χ0v) is 5.43. The fourth-order valence-corrected chi connectivity index (χ4v) is 0.450. The second-order valence-electron chi connectivity index (χ2n) is 1.59. The third kappa shape index (κ3) is 2.15. The second kappa shape index (κ2) is 3.92. The molecule has 9 heavy (non-hydrogen) atoms. The summed E-state index contributed by atoms with van der Waals surface area (Å²) >= 11 is 0. The first-order valence-electron chi connectivity index (χ1n) is 2.69. The van der Waals surface area contributed by atoms with Crippen LogP contribution in [0.15, 0.2) is 36.6 Å². The minimum atomic E-state index is 0.418. The third-order valence-corrected chi connectivity index (χ3v) is 1.06. The maximum atomic E-state index is 5.45. The summed E-state index contributed by atoms with van der Waals surface area (Å²) < 4.78 is 0. The largest absolute Gasteiger partial charge is 0.398 e. The molecule has 0 atom stereocenters. The molecule has 0 aromatic carbocycles. The molecule has 0 unspecified atom stereocenters. The highest BCUT2D eigenvalue weighted by Gasteiger charge is 1.89. The number of hydrogen-bond donors (Lipinski definition) is 2. The number of allylic oxidation sites excluding steroid dienone is 1. The quantitative estimate of drug-likeness (QED) is 0.539. The van der Waals surface area contributed by atoms with Crippen molar-refractivity contribution in [2.45, 2.75) is 0 Å². The van der Waals surface area contributed by atoms with E-state index in [1.54, 1.807) is 12.2 Å². The smallest absolute Gasteiger partial charge is 0.0353 e. The zero-order valence-electron chi connectivity index (χ0n) is 5.43. The van der Waals surface area contributed by atoms with Gasteiger partial charge in [0.2, 0.25) is 0 Å². The summed E-state index contributed by atoms with van der Waals surface area (Å²) in [5.74, 6) is 0. The van der Waals surface area contributed by atoms with Crippen molar-refractivity contribution in [1.29, 1.82) is 0 Å². The average molecular weight is 124 g/mol. The van der Waals surface area contributed by atoms with E-state index in [9.17, 15) is 0 Å². The van der Waals surface area contributed by atoms with E-state index in [1.165, 1.54) is 0 Å². The van der Waals surface area contributed by atoms with Gasteiger partial charge >= 0.3 is 0 Å². The Morgan fingerprint density at radius 1 is 1.33 bits per heavy atom. The molecule has 0 radical (unpaired) electrons. The van der Waals surface area contributed by atoms with Crippen LogP contribution >= 0.6 is 0 Å². The van der Waals surface area contributed by atoms with E-state index in [0.29, 0.717) is 12.2 Å². The molecule has 0 heterocycles. The Kier molecular flexibility index (Phi) is 3.48. The molecule has 50 valence electrons. The van der Waals surface area contributed by atoms with Crippen molar-refractivity contribution in [3.8, 4) is 0 Å². The SMILES string of the molecule is C=C/C(N)=C(\C=C)CN. The van der Waals surface area contributed by atoms with E-state index in [0.717, 1.165) is 5.57 Å². The summed E-state index contributed by atoms with van der Waals surface area (Å²) in [4.78, 5) is 0. The molecule has 4 N–H and O–H groups in total. The van der Waals surface area contributed by atoms with Gasteiger partial charge in [0.25, 0.3) is 0 Å². The van der Waals surface area contributed by atoms with Gasteiger partial charge in [0, 0.05) is 12.2 Å². The maximum absolute atomic E-state index is 5.45. The molecule has 0 aromatic heterocycles. The van der Waals surface area contributed by atoms with Crippen LogP contribution in [0.4, 0.5) is 0 Å². The maximum Gasteiger partial charge on any atom is 0.0353 e. The summed E-state index contributed by atoms with van der Waals surface area (Å²) in [6, 6.07) is 0. The first kappa shape index (κ1) is 7.98. The molecule has 0 aliphatic heterocycles. The number of rotatable bonds is 3. The summed E-state index contributed by atoms with van der Waals surface area (Å²) in [5.41, 5.74) is 12.2. The Morgan fingerprint density at radius 2 is 1.89 bits per heavy atom.